The molecule has 2 N–H and O–H groups in total. The number of carboxylic acids is 1. The van der Waals surface area contributed by atoms with E-state index in [1.807, 2.05) is 18.7 Å². The van der Waals surface area contributed by atoms with Gasteiger partial charge >= 0.3 is 17.9 Å². The molecule has 0 aromatic rings. The van der Waals surface area contributed by atoms with Gasteiger partial charge in [-0.15, -0.1) is 0 Å². The summed E-state index contributed by atoms with van der Waals surface area (Å²) in [5.74, 6) is 1.30. The second-order valence-electron chi connectivity index (χ2n) is 22.3. The lowest BCUT2D eigenvalue weighted by molar-refractivity contribution is -0.249. The monoisotopic (exact) mass is 817 g/mol. The Morgan fingerprint density at radius 3 is 2.12 bits per heavy atom. The number of sulfone groups is 1. The van der Waals surface area contributed by atoms with E-state index < -0.39 is 33.2 Å². The Kier molecular flexibility index (Phi) is 11.2. The van der Waals surface area contributed by atoms with Crippen LogP contribution in [0.2, 0.25) is 0 Å². The van der Waals surface area contributed by atoms with Crippen molar-refractivity contribution in [2.24, 2.45) is 74.4 Å². The van der Waals surface area contributed by atoms with E-state index in [0.717, 1.165) is 44.9 Å². The molecule has 7 aliphatic rings. The van der Waals surface area contributed by atoms with Crippen LogP contribution in [-0.4, -0.2) is 92.3 Å². The zero-order valence-corrected chi connectivity index (χ0v) is 37.8. The molecule has 10 nitrogen and oxygen atoms in total. The fourth-order valence-electron chi connectivity index (χ4n) is 15.9. The number of hydrogen-bond donors (Lipinski definition) is 2. The van der Waals surface area contributed by atoms with E-state index in [1.165, 1.54) is 32.8 Å². The van der Waals surface area contributed by atoms with E-state index in [9.17, 15) is 27.9 Å². The number of nitrogens with zero attached hydrogens (tertiary/aromatic N) is 1. The Hall–Kier alpha value is -1.72. The molecule has 7 fully saturated rings. The van der Waals surface area contributed by atoms with E-state index >= 15 is 0 Å². The van der Waals surface area contributed by atoms with E-state index in [4.69, 9.17) is 9.47 Å². The van der Waals surface area contributed by atoms with Crippen molar-refractivity contribution in [2.45, 2.75) is 157 Å². The minimum Gasteiger partial charge on any atom is -0.481 e. The number of aliphatic carboxylic acids is 1. The first-order chi connectivity index (χ1) is 26.5. The first kappa shape index (κ1) is 43.4. The summed E-state index contributed by atoms with van der Waals surface area (Å²) in [4.78, 5) is 40.8. The summed E-state index contributed by atoms with van der Waals surface area (Å²) in [6.07, 6.45) is 12.5. The number of nitrogens with one attached hydrogen (secondary N) is 1. The molecule has 0 amide bonds. The lowest BCUT2D eigenvalue weighted by Gasteiger charge is -2.73. The second kappa shape index (κ2) is 14.7. The minimum absolute atomic E-state index is 0.0554. The largest absolute Gasteiger partial charge is 0.481 e. The van der Waals surface area contributed by atoms with Gasteiger partial charge in [-0.1, -0.05) is 68.7 Å². The van der Waals surface area contributed by atoms with Crippen LogP contribution in [0.15, 0.2) is 0 Å². The molecule has 6 saturated carbocycles. The zero-order valence-electron chi connectivity index (χ0n) is 37.0. The average molecular weight is 817 g/mol. The number of ether oxygens (including phenoxy) is 2. The van der Waals surface area contributed by atoms with Crippen LogP contribution in [0.4, 0.5) is 0 Å². The van der Waals surface area contributed by atoms with Crippen molar-refractivity contribution in [1.82, 2.24) is 10.2 Å². The molecule has 7 rings (SSSR count). The number of carbonyl (C=O) groups excluding carboxylic acids is 2. The van der Waals surface area contributed by atoms with Crippen LogP contribution in [0.1, 0.15) is 139 Å². The zero-order chi connectivity index (χ0) is 41.7. The molecule has 1 unspecified atom stereocenters. The van der Waals surface area contributed by atoms with Gasteiger partial charge in [0.2, 0.25) is 0 Å². The summed E-state index contributed by atoms with van der Waals surface area (Å²) < 4.78 is 36.4. The maximum Gasteiger partial charge on any atom is 0.324 e. The molecule has 0 aromatic carbocycles. The highest BCUT2D eigenvalue weighted by molar-refractivity contribution is 7.91. The molecule has 324 valence electrons. The van der Waals surface area contributed by atoms with Gasteiger partial charge in [-0.25, -0.2) is 8.42 Å². The van der Waals surface area contributed by atoms with Crippen molar-refractivity contribution in [1.29, 1.82) is 0 Å². The van der Waals surface area contributed by atoms with Crippen molar-refractivity contribution in [3.8, 4) is 0 Å². The van der Waals surface area contributed by atoms with Crippen molar-refractivity contribution < 1.29 is 37.4 Å². The smallest absolute Gasteiger partial charge is 0.324 e. The summed E-state index contributed by atoms with van der Waals surface area (Å²) in [5.41, 5.74) is -0.367. The standard InChI is InChI=1S/C46H76N2O8S/c1-11-28(2)29-14-19-46(47-27-33(40(52)55-10)48-22-24-57(53,54)25-23-48)21-20-44(8)30(37(29)46)12-13-35-43(7)17-16-36(42(5,6)34(43)15-18-45(35,44)9)56-39(51)32-26-31(38(49)50)41(32,3)4/h28-37,47H,11-27H2,1-10H3,(H,49,50)/t28?,29-,30+,31-,32+,33+,34-,35+,36-,37+,43-,44+,45+,46-/m0/s1. The normalized spacial score (nSPS) is 45.4. The molecule has 0 spiro atoms. The third-order valence-electron chi connectivity index (χ3n) is 19.8. The van der Waals surface area contributed by atoms with Gasteiger partial charge < -0.3 is 19.9 Å². The van der Waals surface area contributed by atoms with Crippen LogP contribution >= 0.6 is 0 Å². The number of esters is 2. The number of carbonyl (C=O) groups is 3. The molecule has 0 radical (unpaired) electrons. The van der Waals surface area contributed by atoms with Crippen molar-refractivity contribution >= 4 is 27.7 Å². The number of fused-ring (bicyclic) bond motifs is 7. The molecule has 1 heterocycles. The van der Waals surface area contributed by atoms with Gasteiger partial charge in [-0.05, 0) is 128 Å². The summed E-state index contributed by atoms with van der Waals surface area (Å²) in [6.45, 7) is 22.4. The predicted molar refractivity (Wildman–Crippen MR) is 221 cm³/mol. The van der Waals surface area contributed by atoms with Crippen LogP contribution in [-0.2, 0) is 33.7 Å². The maximum atomic E-state index is 13.7. The van der Waals surface area contributed by atoms with Crippen LogP contribution in [0.3, 0.4) is 0 Å². The van der Waals surface area contributed by atoms with Gasteiger partial charge in [0.1, 0.15) is 12.1 Å². The molecule has 0 aromatic heterocycles. The van der Waals surface area contributed by atoms with E-state index in [1.54, 1.807) is 0 Å². The van der Waals surface area contributed by atoms with Crippen molar-refractivity contribution in [3.05, 3.63) is 0 Å². The Morgan fingerprint density at radius 1 is 0.825 bits per heavy atom. The molecule has 1 aliphatic heterocycles. The van der Waals surface area contributed by atoms with Gasteiger partial charge in [0.15, 0.2) is 9.84 Å². The van der Waals surface area contributed by atoms with Crippen LogP contribution in [0.5, 0.6) is 0 Å². The second-order valence-corrected chi connectivity index (χ2v) is 24.6. The summed E-state index contributed by atoms with van der Waals surface area (Å²) in [6, 6.07) is -0.500. The Morgan fingerprint density at radius 2 is 1.51 bits per heavy atom. The number of rotatable bonds is 10. The van der Waals surface area contributed by atoms with Gasteiger partial charge in [0.25, 0.3) is 0 Å². The molecule has 11 heteroatoms. The first-order valence-electron chi connectivity index (χ1n) is 22.7. The molecular formula is C46H76N2O8S. The number of hydrogen-bond acceptors (Lipinski definition) is 9. The molecule has 6 aliphatic carbocycles. The summed E-state index contributed by atoms with van der Waals surface area (Å²) >= 11 is 0. The van der Waals surface area contributed by atoms with E-state index in [2.05, 4.69) is 53.8 Å². The molecule has 14 atom stereocenters. The highest BCUT2D eigenvalue weighted by atomic mass is 32.2. The minimum atomic E-state index is -3.07. The van der Waals surface area contributed by atoms with Crippen LogP contribution < -0.4 is 5.32 Å². The topological polar surface area (TPSA) is 139 Å². The maximum absolute atomic E-state index is 13.7. The lowest BCUT2D eigenvalue weighted by atomic mass is 9.32. The fraction of sp³-hybridized carbons (Fsp3) is 0.935. The number of methoxy groups -OCH3 is 1. The quantitative estimate of drug-likeness (QED) is 0.215. The molecule has 0 bridgehead atoms. The number of carboxylic acid groups (broad SMARTS) is 1. The molecular weight excluding hydrogens is 741 g/mol. The lowest BCUT2D eigenvalue weighted by Crippen LogP contribution is -2.69. The Balaban J connectivity index is 1.12. The fourth-order valence-corrected chi connectivity index (χ4v) is 17.1. The average Bonchev–Trinajstić information content (AvgIpc) is 3.52. The summed E-state index contributed by atoms with van der Waals surface area (Å²) in [5, 5.41) is 13.8. The van der Waals surface area contributed by atoms with Gasteiger partial charge in [-0.2, -0.15) is 0 Å². The molecule has 57 heavy (non-hydrogen) atoms. The highest BCUT2D eigenvalue weighted by Gasteiger charge is 2.71. The Bertz CT molecular complexity index is 1680. The predicted octanol–water partition coefficient (Wildman–Crippen LogP) is 7.39. The van der Waals surface area contributed by atoms with Crippen LogP contribution in [0, 0.1) is 74.4 Å². The van der Waals surface area contributed by atoms with Gasteiger partial charge in [0.05, 0.1) is 30.5 Å². The summed E-state index contributed by atoms with van der Waals surface area (Å²) in [7, 11) is -1.63. The first-order valence-corrected chi connectivity index (χ1v) is 24.6. The van der Waals surface area contributed by atoms with E-state index in [0.29, 0.717) is 61.6 Å². The molecule has 1 saturated heterocycles. The highest BCUT2D eigenvalue weighted by Crippen LogP contribution is 2.76. The Labute approximate surface area is 344 Å². The third-order valence-corrected chi connectivity index (χ3v) is 21.5. The van der Waals surface area contributed by atoms with Crippen LogP contribution in [0.25, 0.3) is 0 Å². The van der Waals surface area contributed by atoms with Crippen molar-refractivity contribution in [2.75, 3.05) is 38.2 Å². The van der Waals surface area contributed by atoms with Gasteiger partial charge in [0, 0.05) is 30.6 Å². The SMILES string of the molecule is CCC(C)[C@@H]1CC[C@]2(NC[C@H](C(=O)OC)N3CCS(=O)(=O)CC3)CC[C@]3(C)[C@H](CC[C@@H]4[C@@]5(C)CC[C@H](OC(=O)[C@H]6C[C@@H](C(=O)O)C6(C)C)C(C)(C)[C@@H]5CC[C@]43C)[C@@H]12. The van der Waals surface area contributed by atoms with E-state index in [-0.39, 0.29) is 62.7 Å². The van der Waals surface area contributed by atoms with Gasteiger partial charge in [-0.3, -0.25) is 19.3 Å². The third kappa shape index (κ3) is 6.66. The van der Waals surface area contributed by atoms with Crippen molar-refractivity contribution in [3.63, 3.8) is 0 Å².